The van der Waals surface area contributed by atoms with E-state index in [1.165, 1.54) is 18.3 Å². The lowest BCUT2D eigenvalue weighted by Gasteiger charge is -2.09. The Bertz CT molecular complexity index is 1430. The molecule has 1 N–H and O–H groups in total. The van der Waals surface area contributed by atoms with E-state index in [-0.39, 0.29) is 16.4 Å². The summed E-state index contributed by atoms with van der Waals surface area (Å²) in [4.78, 5) is 16.7. The van der Waals surface area contributed by atoms with Crippen LogP contribution < -0.4 is 10.9 Å². The van der Waals surface area contributed by atoms with Gasteiger partial charge < -0.3 is 9.88 Å². The van der Waals surface area contributed by atoms with Gasteiger partial charge in [-0.2, -0.15) is 8.42 Å². The van der Waals surface area contributed by atoms with Crippen LogP contribution in [0.2, 0.25) is 0 Å². The van der Waals surface area contributed by atoms with Crippen LogP contribution in [0.15, 0.2) is 107 Å². The number of anilines is 1. The molecule has 1 aromatic heterocycles. The highest BCUT2D eigenvalue weighted by molar-refractivity contribution is 7.90. The van der Waals surface area contributed by atoms with Gasteiger partial charge in [0, 0.05) is 23.6 Å². The van der Waals surface area contributed by atoms with Crippen molar-refractivity contribution in [3.05, 3.63) is 120 Å². The Hall–Kier alpha value is -4.04. The van der Waals surface area contributed by atoms with E-state index in [9.17, 15) is 13.2 Å². The van der Waals surface area contributed by atoms with Gasteiger partial charge in [0.05, 0.1) is 11.4 Å². The molecule has 0 radical (unpaired) electrons. The monoisotopic (exact) mass is 458 g/mol. The van der Waals surface area contributed by atoms with Gasteiger partial charge in [0.25, 0.3) is 15.9 Å². The van der Waals surface area contributed by atoms with E-state index < -0.39 is 10.0 Å². The third kappa shape index (κ3) is 5.61. The Labute approximate surface area is 192 Å². The topological polar surface area (TPSA) is 93.4 Å². The maximum absolute atomic E-state index is 12.7. The summed E-state index contributed by atoms with van der Waals surface area (Å²) < 4.78 is 31.0. The molecule has 0 spiro atoms. The van der Waals surface area contributed by atoms with Crippen molar-refractivity contribution in [3.8, 4) is 0 Å². The molecular formula is C25H22N4O3S. The maximum Gasteiger partial charge on any atom is 0.285 e. The van der Waals surface area contributed by atoms with Crippen LogP contribution in [0.5, 0.6) is 0 Å². The molecule has 0 bridgehead atoms. The molecule has 0 aliphatic carbocycles. The smallest absolute Gasteiger partial charge is 0.285 e. The number of carbonyl (C=O) groups is 1. The largest absolute Gasteiger partial charge is 0.322 e. The van der Waals surface area contributed by atoms with Gasteiger partial charge >= 0.3 is 0 Å². The first-order chi connectivity index (χ1) is 15.9. The number of aryl methyl sites for hydroxylation is 1. The van der Waals surface area contributed by atoms with E-state index in [0.717, 1.165) is 16.8 Å². The number of hydrogen-bond acceptors (Lipinski definition) is 4. The van der Waals surface area contributed by atoms with Gasteiger partial charge in [-0.3, -0.25) is 4.79 Å². The van der Waals surface area contributed by atoms with E-state index >= 15 is 0 Å². The second-order valence-corrected chi connectivity index (χ2v) is 9.05. The standard InChI is InChI=1S/C25H22N4O3S/c1-19-8-14-23(15-9-19)33(31,32)28-25-26-16-5-17-29(25)18-20-10-12-21(13-11-20)24(30)27-22-6-3-2-4-7-22/h2-17H,18H2,1H3,(H,27,30)/b28-25+. The lowest BCUT2D eigenvalue weighted by atomic mass is 10.1. The van der Waals surface area contributed by atoms with Crippen molar-refractivity contribution in [1.82, 2.24) is 9.55 Å². The van der Waals surface area contributed by atoms with Gasteiger partial charge in [0.15, 0.2) is 0 Å². The number of aromatic nitrogens is 2. The van der Waals surface area contributed by atoms with Crippen molar-refractivity contribution in [3.63, 3.8) is 0 Å². The lowest BCUT2D eigenvalue weighted by molar-refractivity contribution is 0.102. The van der Waals surface area contributed by atoms with E-state index in [1.54, 1.807) is 41.1 Å². The van der Waals surface area contributed by atoms with Crippen molar-refractivity contribution in [2.24, 2.45) is 4.40 Å². The van der Waals surface area contributed by atoms with Crippen molar-refractivity contribution in [2.45, 2.75) is 18.4 Å². The molecule has 4 aromatic rings. The predicted molar refractivity (Wildman–Crippen MR) is 126 cm³/mol. The summed E-state index contributed by atoms with van der Waals surface area (Å²) in [5, 5.41) is 2.85. The number of carbonyl (C=O) groups excluding carboxylic acids is 1. The fourth-order valence-electron chi connectivity index (χ4n) is 3.15. The summed E-state index contributed by atoms with van der Waals surface area (Å²) in [6, 6.07) is 24.5. The van der Waals surface area contributed by atoms with Crippen molar-refractivity contribution >= 4 is 21.6 Å². The highest BCUT2D eigenvalue weighted by atomic mass is 32.2. The molecule has 4 rings (SSSR count). The first-order valence-electron chi connectivity index (χ1n) is 10.3. The highest BCUT2D eigenvalue weighted by Gasteiger charge is 2.13. The molecule has 8 heteroatoms. The molecule has 166 valence electrons. The van der Waals surface area contributed by atoms with Gasteiger partial charge in [-0.15, -0.1) is 4.40 Å². The average Bonchev–Trinajstić information content (AvgIpc) is 2.81. The molecule has 0 aliphatic heterocycles. The summed E-state index contributed by atoms with van der Waals surface area (Å²) in [7, 11) is -3.90. The zero-order valence-corrected chi connectivity index (χ0v) is 18.7. The van der Waals surface area contributed by atoms with Crippen LogP contribution in [0.25, 0.3) is 0 Å². The zero-order valence-electron chi connectivity index (χ0n) is 17.9. The second-order valence-electron chi connectivity index (χ2n) is 7.44. The lowest BCUT2D eigenvalue weighted by Crippen LogP contribution is -2.25. The predicted octanol–water partition coefficient (Wildman–Crippen LogP) is 3.78. The number of sulfonamides is 1. The number of rotatable bonds is 6. The van der Waals surface area contributed by atoms with Crippen molar-refractivity contribution in [1.29, 1.82) is 0 Å². The van der Waals surface area contributed by atoms with Crippen molar-refractivity contribution in [2.75, 3.05) is 5.32 Å². The number of para-hydroxylation sites is 1. The Balaban J connectivity index is 1.55. The van der Waals surface area contributed by atoms with Crippen LogP contribution in [0.4, 0.5) is 5.69 Å². The summed E-state index contributed by atoms with van der Waals surface area (Å²) in [5.41, 5.74) is 3.14. The third-order valence-electron chi connectivity index (χ3n) is 4.92. The average molecular weight is 459 g/mol. The Morgan fingerprint density at radius 3 is 2.33 bits per heavy atom. The number of benzene rings is 3. The van der Waals surface area contributed by atoms with Crippen LogP contribution in [0.1, 0.15) is 21.5 Å². The van der Waals surface area contributed by atoms with Gasteiger partial charge in [-0.25, -0.2) is 4.98 Å². The quantitative estimate of drug-likeness (QED) is 0.476. The Morgan fingerprint density at radius 1 is 0.939 bits per heavy atom. The summed E-state index contributed by atoms with van der Waals surface area (Å²) in [6.07, 6.45) is 3.21. The van der Waals surface area contributed by atoms with E-state index in [1.807, 2.05) is 49.4 Å². The summed E-state index contributed by atoms with van der Waals surface area (Å²) in [5.74, 6) is -0.207. The first kappa shape index (κ1) is 22.2. The fraction of sp³-hybridized carbons (Fsp3) is 0.0800. The van der Waals surface area contributed by atoms with Crippen molar-refractivity contribution < 1.29 is 13.2 Å². The zero-order chi connectivity index (χ0) is 23.3. The van der Waals surface area contributed by atoms with E-state index in [2.05, 4.69) is 14.7 Å². The maximum atomic E-state index is 12.7. The van der Waals surface area contributed by atoms with Gasteiger partial charge in [-0.1, -0.05) is 48.0 Å². The van der Waals surface area contributed by atoms with E-state index in [0.29, 0.717) is 12.1 Å². The Morgan fingerprint density at radius 2 is 1.64 bits per heavy atom. The molecular weight excluding hydrogens is 436 g/mol. The summed E-state index contributed by atoms with van der Waals surface area (Å²) in [6.45, 7) is 2.23. The molecule has 1 amide bonds. The summed E-state index contributed by atoms with van der Waals surface area (Å²) >= 11 is 0. The molecule has 7 nitrogen and oxygen atoms in total. The number of amides is 1. The number of hydrogen-bond donors (Lipinski definition) is 1. The Kier molecular flexibility index (Phi) is 6.46. The van der Waals surface area contributed by atoms with Crippen LogP contribution in [0, 0.1) is 6.92 Å². The number of nitrogens with zero attached hydrogens (tertiary/aromatic N) is 3. The van der Waals surface area contributed by atoms with Crippen LogP contribution in [-0.2, 0) is 16.6 Å². The van der Waals surface area contributed by atoms with E-state index in [4.69, 9.17) is 0 Å². The second kappa shape index (κ2) is 9.62. The first-order valence-corrected chi connectivity index (χ1v) is 11.7. The highest BCUT2D eigenvalue weighted by Crippen LogP contribution is 2.13. The minimum atomic E-state index is -3.90. The minimum absolute atomic E-state index is 0.0731. The van der Waals surface area contributed by atoms with Gasteiger partial charge in [0.2, 0.25) is 5.62 Å². The molecule has 3 aromatic carbocycles. The van der Waals surface area contributed by atoms with Crippen LogP contribution in [-0.4, -0.2) is 23.9 Å². The molecule has 1 heterocycles. The van der Waals surface area contributed by atoms with Crippen LogP contribution in [0.3, 0.4) is 0 Å². The normalized spacial score (nSPS) is 11.8. The fourth-order valence-corrected chi connectivity index (χ4v) is 4.10. The molecule has 0 unspecified atom stereocenters. The molecule has 33 heavy (non-hydrogen) atoms. The number of nitrogens with one attached hydrogen (secondary N) is 1. The molecule has 0 fully saturated rings. The SMILES string of the molecule is Cc1ccc(S(=O)(=O)/N=c2\ncccn2Cc2ccc(C(=O)Nc3ccccc3)cc2)cc1. The van der Waals surface area contributed by atoms with Crippen LogP contribution >= 0.6 is 0 Å². The van der Waals surface area contributed by atoms with Gasteiger partial charge in [0.1, 0.15) is 0 Å². The molecule has 0 aliphatic rings. The third-order valence-corrected chi connectivity index (χ3v) is 6.19. The minimum Gasteiger partial charge on any atom is -0.322 e. The molecule has 0 atom stereocenters. The molecule has 0 saturated carbocycles. The van der Waals surface area contributed by atoms with Gasteiger partial charge in [-0.05, 0) is 55.0 Å². The molecule has 0 saturated heterocycles.